The zero-order valence-electron chi connectivity index (χ0n) is 9.39. The number of hydrogen-bond acceptors (Lipinski definition) is 4. The topological polar surface area (TPSA) is 56.3 Å². The van der Waals surface area contributed by atoms with Crippen LogP contribution >= 0.6 is 26.6 Å². The number of rotatable bonds is 3. The Morgan fingerprint density at radius 2 is 1.76 bits per heavy atom. The molecule has 4 nitrogen and oxygen atoms in total. The van der Waals surface area contributed by atoms with Crippen LogP contribution in [0.2, 0.25) is 0 Å². The lowest BCUT2D eigenvalue weighted by Crippen LogP contribution is -2.23. The van der Waals surface area contributed by atoms with Gasteiger partial charge in [0.1, 0.15) is 4.90 Å². The highest BCUT2D eigenvalue weighted by Gasteiger charge is 2.44. The van der Waals surface area contributed by atoms with Crippen molar-refractivity contribution in [1.29, 1.82) is 0 Å². The molecule has 1 rings (SSSR count). The molecule has 0 aliphatic rings. The Morgan fingerprint density at radius 1 is 1.24 bits per heavy atom. The van der Waals surface area contributed by atoms with Crippen molar-refractivity contribution in [3.63, 3.8) is 0 Å². The first-order valence-electron chi connectivity index (χ1n) is 4.63. The molecule has 120 valence electrons. The fourth-order valence-corrected chi connectivity index (χ4v) is 3.20. The predicted octanol–water partition coefficient (Wildman–Crippen LogP) is 3.82. The van der Waals surface area contributed by atoms with Crippen molar-refractivity contribution in [1.82, 2.24) is 4.98 Å². The molecule has 0 saturated heterocycles. The Bertz CT molecular complexity index is 645. The van der Waals surface area contributed by atoms with Crippen molar-refractivity contribution < 1.29 is 39.5 Å². The van der Waals surface area contributed by atoms with Gasteiger partial charge in [-0.2, -0.15) is 13.2 Å². The Balaban J connectivity index is 3.80. The van der Waals surface area contributed by atoms with E-state index in [0.29, 0.717) is 6.20 Å². The van der Waals surface area contributed by atoms with Gasteiger partial charge in [-0.1, -0.05) is 15.9 Å². The average Bonchev–Trinajstić information content (AvgIpc) is 2.22. The van der Waals surface area contributed by atoms with Crippen molar-refractivity contribution in [2.45, 2.75) is 22.8 Å². The Kier molecular flexibility index (Phi) is 5.05. The van der Waals surface area contributed by atoms with Crippen LogP contribution < -0.4 is 4.74 Å². The summed E-state index contributed by atoms with van der Waals surface area (Å²) in [7, 11) is -0.0467. The van der Waals surface area contributed by atoms with Gasteiger partial charge in [0.25, 0.3) is 9.05 Å². The van der Waals surface area contributed by atoms with Gasteiger partial charge < -0.3 is 4.74 Å². The maximum Gasteiger partial charge on any atom is 0.573 e. The molecule has 13 heteroatoms. The highest BCUT2D eigenvalue weighted by Crippen LogP contribution is 2.43. The lowest BCUT2D eigenvalue weighted by Gasteiger charge is -2.18. The van der Waals surface area contributed by atoms with Crippen LogP contribution in [0, 0.1) is 0 Å². The van der Waals surface area contributed by atoms with Gasteiger partial charge in [-0.05, 0) is 0 Å². The SMILES string of the molecule is O=S(=O)(Cl)c1c(CBr)cnc(C(F)(F)F)c1OC(F)(F)F. The summed E-state index contributed by atoms with van der Waals surface area (Å²) in [4.78, 5) is 1.33. The molecule has 0 aliphatic carbocycles. The van der Waals surface area contributed by atoms with Crippen LogP contribution in [0.3, 0.4) is 0 Å². The number of ether oxygens (including phenoxy) is 1. The van der Waals surface area contributed by atoms with Crippen LogP contribution in [0.1, 0.15) is 11.3 Å². The van der Waals surface area contributed by atoms with Crippen LogP contribution in [0.15, 0.2) is 11.1 Å². The van der Waals surface area contributed by atoms with Crippen LogP contribution in [0.5, 0.6) is 5.75 Å². The molecule has 0 aromatic carbocycles. The summed E-state index contributed by atoms with van der Waals surface area (Å²) in [5.74, 6) is -2.01. The summed E-state index contributed by atoms with van der Waals surface area (Å²) in [6.07, 6.45) is -10.5. The third-order valence-corrected chi connectivity index (χ3v) is 3.94. The van der Waals surface area contributed by atoms with Gasteiger partial charge in [0.05, 0.1) is 0 Å². The van der Waals surface area contributed by atoms with Gasteiger partial charge in [-0.25, -0.2) is 13.4 Å². The van der Waals surface area contributed by atoms with Gasteiger partial charge in [0, 0.05) is 27.8 Å². The molecule has 0 N–H and O–H groups in total. The number of aromatic nitrogens is 1. The van der Waals surface area contributed by atoms with Crippen molar-refractivity contribution >= 4 is 35.7 Å². The maximum absolute atomic E-state index is 12.7. The highest BCUT2D eigenvalue weighted by atomic mass is 79.9. The maximum atomic E-state index is 12.7. The first-order valence-corrected chi connectivity index (χ1v) is 8.06. The van der Waals surface area contributed by atoms with E-state index in [2.05, 4.69) is 25.7 Å². The van der Waals surface area contributed by atoms with Crippen LogP contribution in [-0.2, 0) is 20.6 Å². The molecular formula is C8H3BrClF6NO3S. The van der Waals surface area contributed by atoms with Gasteiger partial charge >= 0.3 is 12.5 Å². The predicted molar refractivity (Wildman–Crippen MR) is 61.6 cm³/mol. The molecule has 21 heavy (non-hydrogen) atoms. The third-order valence-electron chi connectivity index (χ3n) is 1.94. The molecule has 0 atom stereocenters. The minimum absolute atomic E-state index is 0.409. The van der Waals surface area contributed by atoms with Crippen molar-refractivity contribution in [3.05, 3.63) is 17.5 Å². The second kappa shape index (κ2) is 5.80. The molecule has 0 saturated carbocycles. The van der Waals surface area contributed by atoms with E-state index in [4.69, 9.17) is 10.7 Å². The molecule has 0 unspecified atom stereocenters. The Labute approximate surface area is 126 Å². The Morgan fingerprint density at radius 3 is 2.10 bits per heavy atom. The molecular weight excluding hydrogens is 420 g/mol. The third kappa shape index (κ3) is 4.61. The minimum Gasteiger partial charge on any atom is -0.402 e. The van der Waals surface area contributed by atoms with E-state index >= 15 is 0 Å². The molecule has 1 aromatic rings. The van der Waals surface area contributed by atoms with Gasteiger partial charge in [0.15, 0.2) is 11.4 Å². The summed E-state index contributed by atoms with van der Waals surface area (Å²) in [5.41, 5.74) is -2.67. The number of halogens is 8. The minimum atomic E-state index is -5.57. The van der Waals surface area contributed by atoms with E-state index < -0.39 is 48.8 Å². The van der Waals surface area contributed by atoms with Crippen molar-refractivity contribution in [2.75, 3.05) is 0 Å². The molecule has 0 amide bonds. The summed E-state index contributed by atoms with van der Waals surface area (Å²) < 4.78 is 101. The van der Waals surface area contributed by atoms with E-state index in [1.54, 1.807) is 0 Å². The molecule has 0 radical (unpaired) electrons. The first kappa shape index (κ1) is 18.3. The number of nitrogens with zero attached hydrogens (tertiary/aromatic N) is 1. The standard InChI is InChI=1S/C8H3BrClF6NO3S/c9-1-3-2-17-6(7(11,12)13)4(20-8(14,15)16)5(3)21(10,18)19/h2H,1H2. The first-order chi connectivity index (χ1) is 9.27. The highest BCUT2D eigenvalue weighted by molar-refractivity contribution is 9.08. The quantitative estimate of drug-likeness (QED) is 0.422. The van der Waals surface area contributed by atoms with Gasteiger partial charge in [-0.3, -0.25) is 0 Å². The van der Waals surface area contributed by atoms with E-state index in [1.807, 2.05) is 0 Å². The zero-order valence-corrected chi connectivity index (χ0v) is 12.5. The number of alkyl halides is 7. The van der Waals surface area contributed by atoms with Gasteiger partial charge in [-0.15, -0.1) is 13.2 Å². The lowest BCUT2D eigenvalue weighted by atomic mass is 10.2. The normalized spacial score (nSPS) is 13.3. The molecule has 0 fully saturated rings. The van der Waals surface area contributed by atoms with Gasteiger partial charge in [0.2, 0.25) is 0 Å². The van der Waals surface area contributed by atoms with Crippen molar-refractivity contribution in [3.8, 4) is 5.75 Å². The largest absolute Gasteiger partial charge is 0.573 e. The summed E-state index contributed by atoms with van der Waals surface area (Å²) in [6.45, 7) is 0. The van der Waals surface area contributed by atoms with E-state index in [-0.39, 0.29) is 0 Å². The fraction of sp³-hybridized carbons (Fsp3) is 0.375. The fourth-order valence-electron chi connectivity index (χ4n) is 1.29. The molecule has 1 aromatic heterocycles. The molecule has 0 bridgehead atoms. The Hall–Kier alpha value is -0.750. The van der Waals surface area contributed by atoms with Crippen LogP contribution in [0.25, 0.3) is 0 Å². The zero-order chi connectivity index (χ0) is 16.6. The summed E-state index contributed by atoms with van der Waals surface area (Å²) >= 11 is 2.71. The molecule has 0 spiro atoms. The van der Waals surface area contributed by atoms with E-state index in [1.165, 1.54) is 0 Å². The van der Waals surface area contributed by atoms with E-state index in [9.17, 15) is 34.8 Å². The van der Waals surface area contributed by atoms with E-state index in [0.717, 1.165) is 0 Å². The number of hydrogen-bond donors (Lipinski definition) is 0. The smallest absolute Gasteiger partial charge is 0.402 e. The lowest BCUT2D eigenvalue weighted by molar-refractivity contribution is -0.277. The van der Waals surface area contributed by atoms with Crippen molar-refractivity contribution in [2.24, 2.45) is 0 Å². The summed E-state index contributed by atoms with van der Waals surface area (Å²) in [5, 5.41) is -0.409. The molecule has 0 aliphatic heterocycles. The van der Waals surface area contributed by atoms with Crippen LogP contribution in [0.4, 0.5) is 26.3 Å². The summed E-state index contributed by atoms with van der Waals surface area (Å²) in [6, 6.07) is 0. The van der Waals surface area contributed by atoms with Crippen LogP contribution in [-0.4, -0.2) is 19.8 Å². The molecule has 1 heterocycles. The second-order valence-corrected chi connectivity index (χ2v) is 6.47. The average molecular weight is 423 g/mol. The number of pyridine rings is 1. The monoisotopic (exact) mass is 421 g/mol. The second-order valence-electron chi connectivity index (χ2n) is 3.41.